The lowest BCUT2D eigenvalue weighted by atomic mass is 10.1. The third kappa shape index (κ3) is 3.00. The summed E-state index contributed by atoms with van der Waals surface area (Å²) < 4.78 is 1.73. The van der Waals surface area contributed by atoms with Gasteiger partial charge in [-0.1, -0.05) is 24.3 Å². The number of hydrogen-bond acceptors (Lipinski definition) is 5. The molecule has 3 heterocycles. The van der Waals surface area contributed by atoms with Gasteiger partial charge in [-0.2, -0.15) is 16.9 Å². The molecule has 0 aliphatic carbocycles. The number of nitrogens with zero attached hydrogens (tertiary/aromatic N) is 3. The van der Waals surface area contributed by atoms with E-state index in [1.165, 1.54) is 0 Å². The quantitative estimate of drug-likeness (QED) is 0.658. The van der Waals surface area contributed by atoms with Crippen LogP contribution in [-0.2, 0) is 16.3 Å². The van der Waals surface area contributed by atoms with Gasteiger partial charge in [-0.3, -0.25) is 19.3 Å². The van der Waals surface area contributed by atoms with Crippen LogP contribution in [0.5, 0.6) is 0 Å². The van der Waals surface area contributed by atoms with Crippen LogP contribution in [0, 0.1) is 6.92 Å². The highest BCUT2D eigenvalue weighted by molar-refractivity contribution is 7.98. The van der Waals surface area contributed by atoms with Crippen LogP contribution < -0.4 is 5.32 Å². The van der Waals surface area contributed by atoms with Crippen molar-refractivity contribution in [3.8, 4) is 5.69 Å². The first-order valence-corrected chi connectivity index (χ1v) is 10.7. The average molecular weight is 418 g/mol. The molecule has 1 N–H and O–H groups in total. The Hall–Kier alpha value is -3.39. The number of nitrogens with one attached hydrogen (secondary N) is 1. The molecule has 3 amide bonds. The minimum Gasteiger partial charge on any atom is -0.309 e. The molecule has 8 heteroatoms. The van der Waals surface area contributed by atoms with Gasteiger partial charge < -0.3 is 5.32 Å². The first kappa shape index (κ1) is 18.6. The Morgan fingerprint density at radius 2 is 1.80 bits per heavy atom. The number of imide groups is 1. The molecule has 30 heavy (non-hydrogen) atoms. The van der Waals surface area contributed by atoms with E-state index in [0.717, 1.165) is 38.9 Å². The van der Waals surface area contributed by atoms with Crippen molar-refractivity contribution in [1.82, 2.24) is 14.7 Å². The molecule has 2 aromatic carbocycles. The highest BCUT2D eigenvalue weighted by Gasteiger charge is 2.36. The molecule has 2 aliphatic heterocycles. The molecule has 1 aromatic heterocycles. The molecular formula is C22H18N4O3S. The number of carbonyl (C=O) groups excluding carboxylic acids is 3. The molecule has 5 rings (SSSR count). The van der Waals surface area contributed by atoms with Gasteiger partial charge in [-0.05, 0) is 36.8 Å². The first-order chi connectivity index (χ1) is 14.5. The van der Waals surface area contributed by atoms with Crippen LogP contribution in [0.3, 0.4) is 0 Å². The number of rotatable bonds is 4. The Bertz CT molecular complexity index is 1180. The number of anilines is 1. The normalized spacial score (nSPS) is 14.8. The van der Waals surface area contributed by atoms with Crippen LogP contribution in [0.15, 0.2) is 48.5 Å². The third-order valence-corrected chi connectivity index (χ3v) is 6.21. The summed E-state index contributed by atoms with van der Waals surface area (Å²) in [5.74, 6) is 0.816. The lowest BCUT2D eigenvalue weighted by molar-refractivity contribution is -0.116. The molecule has 7 nitrogen and oxygen atoms in total. The van der Waals surface area contributed by atoms with Gasteiger partial charge in [0.2, 0.25) is 5.91 Å². The molecule has 0 saturated carbocycles. The standard InChI is InChI=1S/C22H18N4O3S/c1-13-5-4-6-14(9-13)26-20(17-11-30-12-18(17)24-26)23-19(27)10-25-21(28)15-7-2-3-8-16(15)22(25)29/h2-9H,10-12H2,1H3,(H,23,27). The van der Waals surface area contributed by atoms with Gasteiger partial charge >= 0.3 is 0 Å². The van der Waals surface area contributed by atoms with E-state index >= 15 is 0 Å². The second kappa shape index (κ2) is 7.14. The monoisotopic (exact) mass is 418 g/mol. The van der Waals surface area contributed by atoms with Crippen LogP contribution >= 0.6 is 11.8 Å². The topological polar surface area (TPSA) is 84.3 Å². The fraction of sp³-hybridized carbons (Fsp3) is 0.182. The smallest absolute Gasteiger partial charge is 0.262 e. The minimum absolute atomic E-state index is 0.331. The summed E-state index contributed by atoms with van der Waals surface area (Å²) in [5.41, 5.74) is 4.52. The zero-order chi connectivity index (χ0) is 20.8. The van der Waals surface area contributed by atoms with E-state index in [1.54, 1.807) is 40.7 Å². The highest BCUT2D eigenvalue weighted by Crippen LogP contribution is 2.36. The number of amides is 3. The molecule has 3 aromatic rings. The van der Waals surface area contributed by atoms with Gasteiger partial charge in [0.25, 0.3) is 11.8 Å². The fourth-order valence-electron chi connectivity index (χ4n) is 3.79. The first-order valence-electron chi connectivity index (χ1n) is 9.53. The van der Waals surface area contributed by atoms with Crippen molar-refractivity contribution < 1.29 is 14.4 Å². The minimum atomic E-state index is -0.446. The number of thioether (sulfide) groups is 1. The largest absolute Gasteiger partial charge is 0.309 e. The van der Waals surface area contributed by atoms with E-state index in [2.05, 4.69) is 10.4 Å². The van der Waals surface area contributed by atoms with E-state index in [4.69, 9.17) is 0 Å². The van der Waals surface area contributed by atoms with Crippen LogP contribution in [0.4, 0.5) is 5.82 Å². The Morgan fingerprint density at radius 3 is 2.50 bits per heavy atom. The van der Waals surface area contributed by atoms with Gasteiger partial charge in [0, 0.05) is 17.1 Å². The summed E-state index contributed by atoms with van der Waals surface area (Å²) in [6.07, 6.45) is 0. The maximum atomic E-state index is 12.9. The molecule has 0 saturated heterocycles. The van der Waals surface area contributed by atoms with E-state index in [-0.39, 0.29) is 6.54 Å². The summed E-state index contributed by atoms with van der Waals surface area (Å²) in [6, 6.07) is 14.5. The van der Waals surface area contributed by atoms with E-state index in [9.17, 15) is 14.4 Å². The van der Waals surface area contributed by atoms with Crippen molar-refractivity contribution in [2.45, 2.75) is 18.4 Å². The zero-order valence-electron chi connectivity index (χ0n) is 16.2. The highest BCUT2D eigenvalue weighted by atomic mass is 32.2. The zero-order valence-corrected chi connectivity index (χ0v) is 17.0. The number of carbonyl (C=O) groups is 3. The molecule has 0 bridgehead atoms. The van der Waals surface area contributed by atoms with Crippen molar-refractivity contribution in [3.05, 3.63) is 76.5 Å². The summed E-state index contributed by atoms with van der Waals surface area (Å²) >= 11 is 1.74. The molecule has 0 unspecified atom stereocenters. The number of fused-ring (bicyclic) bond motifs is 2. The number of aromatic nitrogens is 2. The summed E-state index contributed by atoms with van der Waals surface area (Å²) in [7, 11) is 0. The van der Waals surface area contributed by atoms with Gasteiger partial charge in [0.15, 0.2) is 0 Å². The predicted molar refractivity (Wildman–Crippen MR) is 114 cm³/mol. The van der Waals surface area contributed by atoms with Crippen LogP contribution in [0.1, 0.15) is 37.5 Å². The lowest BCUT2D eigenvalue weighted by Gasteiger charge is -2.15. The number of benzene rings is 2. The fourth-order valence-corrected chi connectivity index (χ4v) is 4.82. The van der Waals surface area contributed by atoms with E-state index < -0.39 is 17.7 Å². The SMILES string of the molecule is Cc1cccc(-n2nc3c(c2NC(=O)CN2C(=O)c4ccccc4C2=O)CSC3)c1. The van der Waals surface area contributed by atoms with Crippen molar-refractivity contribution in [2.24, 2.45) is 0 Å². The van der Waals surface area contributed by atoms with Gasteiger partial charge in [0.1, 0.15) is 12.4 Å². The molecular weight excluding hydrogens is 400 g/mol. The molecule has 0 fully saturated rings. The van der Waals surface area contributed by atoms with Crippen molar-refractivity contribution >= 4 is 35.3 Å². The number of hydrogen-bond donors (Lipinski definition) is 1. The predicted octanol–water partition coefficient (Wildman–Crippen LogP) is 3.16. The average Bonchev–Trinajstić information content (AvgIpc) is 3.39. The second-order valence-electron chi connectivity index (χ2n) is 7.31. The molecule has 0 atom stereocenters. The van der Waals surface area contributed by atoms with E-state index in [0.29, 0.717) is 16.9 Å². The maximum absolute atomic E-state index is 12.9. The number of aryl methyl sites for hydroxylation is 1. The van der Waals surface area contributed by atoms with Gasteiger partial charge in [-0.15, -0.1) is 0 Å². The van der Waals surface area contributed by atoms with Crippen molar-refractivity contribution in [1.29, 1.82) is 0 Å². The maximum Gasteiger partial charge on any atom is 0.262 e. The van der Waals surface area contributed by atoms with Crippen LogP contribution in [-0.4, -0.2) is 38.9 Å². The Kier molecular flexibility index (Phi) is 4.43. The second-order valence-corrected chi connectivity index (χ2v) is 8.29. The summed E-state index contributed by atoms with van der Waals surface area (Å²) in [5, 5.41) is 7.59. The Labute approximate surface area is 177 Å². The molecule has 150 valence electrons. The van der Waals surface area contributed by atoms with Crippen molar-refractivity contribution in [2.75, 3.05) is 11.9 Å². The van der Waals surface area contributed by atoms with E-state index in [1.807, 2.05) is 31.2 Å². The summed E-state index contributed by atoms with van der Waals surface area (Å²) in [6.45, 7) is 1.66. The van der Waals surface area contributed by atoms with Gasteiger partial charge in [0.05, 0.1) is 22.5 Å². The van der Waals surface area contributed by atoms with Crippen molar-refractivity contribution in [3.63, 3.8) is 0 Å². The third-order valence-electron chi connectivity index (χ3n) is 5.24. The van der Waals surface area contributed by atoms with Crippen LogP contribution in [0.2, 0.25) is 0 Å². The Balaban J connectivity index is 1.42. The van der Waals surface area contributed by atoms with Crippen LogP contribution in [0.25, 0.3) is 5.69 Å². The molecule has 0 spiro atoms. The van der Waals surface area contributed by atoms with Gasteiger partial charge in [-0.25, -0.2) is 4.68 Å². The lowest BCUT2D eigenvalue weighted by Crippen LogP contribution is -2.37. The Morgan fingerprint density at radius 1 is 1.07 bits per heavy atom. The summed E-state index contributed by atoms with van der Waals surface area (Å²) in [4.78, 5) is 39.0. The molecule has 2 aliphatic rings. The molecule has 0 radical (unpaired) electrons.